The van der Waals surface area contributed by atoms with Crippen molar-refractivity contribution in [3.63, 3.8) is 0 Å². The van der Waals surface area contributed by atoms with E-state index in [1.165, 1.54) is 25.8 Å². The van der Waals surface area contributed by atoms with Crippen LogP contribution in [0.5, 0.6) is 0 Å². The molecule has 2 unspecified atom stereocenters. The first-order valence-electron chi connectivity index (χ1n) is 7.33. The first kappa shape index (κ1) is 12.7. The summed E-state index contributed by atoms with van der Waals surface area (Å²) in [4.78, 5) is 9.63. The summed E-state index contributed by atoms with van der Waals surface area (Å²) >= 11 is 0. The summed E-state index contributed by atoms with van der Waals surface area (Å²) in [5.74, 6) is 1.89. The second-order valence-corrected chi connectivity index (χ2v) is 6.03. The molecule has 2 aliphatic heterocycles. The molecule has 2 saturated heterocycles. The van der Waals surface area contributed by atoms with E-state index in [-0.39, 0.29) is 0 Å². The van der Waals surface area contributed by atoms with Crippen LogP contribution < -0.4 is 10.6 Å². The van der Waals surface area contributed by atoms with E-state index in [4.69, 9.17) is 5.73 Å². The van der Waals surface area contributed by atoms with Gasteiger partial charge in [-0.05, 0) is 57.8 Å². The van der Waals surface area contributed by atoms with Gasteiger partial charge in [0, 0.05) is 19.1 Å². The molecule has 4 nitrogen and oxygen atoms in total. The van der Waals surface area contributed by atoms with Gasteiger partial charge in [0.05, 0.1) is 11.4 Å². The van der Waals surface area contributed by atoms with Gasteiger partial charge in [-0.15, -0.1) is 0 Å². The number of anilines is 2. The fraction of sp³-hybridized carbons (Fsp3) is 0.667. The number of aryl methyl sites for hydroxylation is 1. The maximum absolute atomic E-state index is 5.85. The minimum absolute atomic E-state index is 0.778. The van der Waals surface area contributed by atoms with Crippen molar-refractivity contribution in [3.8, 4) is 0 Å². The fourth-order valence-corrected chi connectivity index (χ4v) is 3.60. The van der Waals surface area contributed by atoms with Crippen molar-refractivity contribution in [2.24, 2.45) is 5.92 Å². The summed E-state index contributed by atoms with van der Waals surface area (Å²) < 4.78 is 0. The number of aromatic nitrogens is 1. The minimum Gasteiger partial charge on any atom is -0.397 e. The number of nitrogen functional groups attached to an aromatic ring is 1. The molecule has 0 aromatic carbocycles. The Labute approximate surface area is 115 Å². The highest BCUT2D eigenvalue weighted by molar-refractivity contribution is 5.50. The number of nitrogens with two attached hydrogens (primary N) is 1. The molecule has 3 heterocycles. The first-order chi connectivity index (χ1) is 9.15. The van der Waals surface area contributed by atoms with Crippen molar-refractivity contribution in [1.82, 2.24) is 9.88 Å². The zero-order valence-corrected chi connectivity index (χ0v) is 12.0. The van der Waals surface area contributed by atoms with Crippen molar-refractivity contribution >= 4 is 11.5 Å². The monoisotopic (exact) mass is 260 g/mol. The Bertz CT molecular complexity index is 459. The molecule has 2 fully saturated rings. The van der Waals surface area contributed by atoms with Gasteiger partial charge in [-0.3, -0.25) is 0 Å². The molecule has 2 atom stereocenters. The first-order valence-corrected chi connectivity index (χ1v) is 7.33. The molecular weight excluding hydrogens is 236 g/mol. The van der Waals surface area contributed by atoms with Gasteiger partial charge in [-0.2, -0.15) is 0 Å². The van der Waals surface area contributed by atoms with Crippen molar-refractivity contribution in [2.45, 2.75) is 32.2 Å². The number of hydrogen-bond acceptors (Lipinski definition) is 4. The zero-order valence-electron chi connectivity index (χ0n) is 12.0. The lowest BCUT2D eigenvalue weighted by atomic mass is 9.84. The predicted molar refractivity (Wildman–Crippen MR) is 79.4 cm³/mol. The summed E-state index contributed by atoms with van der Waals surface area (Å²) in [5.41, 5.74) is 7.59. The highest BCUT2D eigenvalue weighted by atomic mass is 15.2. The summed E-state index contributed by atoms with van der Waals surface area (Å²) in [6, 6.07) is 4.83. The molecule has 0 aliphatic carbocycles. The van der Waals surface area contributed by atoms with Gasteiger partial charge in [0.15, 0.2) is 0 Å². The van der Waals surface area contributed by atoms with E-state index in [1.807, 2.05) is 13.0 Å². The number of rotatable bonds is 1. The summed E-state index contributed by atoms with van der Waals surface area (Å²) in [6.07, 6.45) is 3.95. The average molecular weight is 260 g/mol. The third-order valence-electron chi connectivity index (χ3n) is 4.78. The Kier molecular flexibility index (Phi) is 3.35. The molecule has 0 radical (unpaired) electrons. The van der Waals surface area contributed by atoms with E-state index >= 15 is 0 Å². The van der Waals surface area contributed by atoms with E-state index < -0.39 is 0 Å². The number of fused-ring (bicyclic) bond motifs is 1. The lowest BCUT2D eigenvalue weighted by Crippen LogP contribution is -2.52. The average Bonchev–Trinajstić information content (AvgIpc) is 2.42. The van der Waals surface area contributed by atoms with Crippen LogP contribution in [0.3, 0.4) is 0 Å². The predicted octanol–water partition coefficient (Wildman–Crippen LogP) is 1.89. The standard InChI is InChI=1S/C15H24N4/c1-11-13(16)5-6-15(17-11)19-9-7-14-12(10-19)4-3-8-18(14)2/h5-6,12,14H,3-4,7-10,16H2,1-2H3. The maximum atomic E-state index is 5.85. The van der Waals surface area contributed by atoms with Crippen molar-refractivity contribution in [1.29, 1.82) is 0 Å². The summed E-state index contributed by atoms with van der Waals surface area (Å²) in [7, 11) is 2.28. The minimum atomic E-state index is 0.778. The Morgan fingerprint density at radius 2 is 2.11 bits per heavy atom. The highest BCUT2D eigenvalue weighted by Crippen LogP contribution is 2.31. The molecule has 0 spiro atoms. The Balaban J connectivity index is 1.75. The van der Waals surface area contributed by atoms with E-state index in [0.717, 1.165) is 42.2 Å². The van der Waals surface area contributed by atoms with E-state index in [2.05, 4.69) is 27.9 Å². The lowest BCUT2D eigenvalue weighted by Gasteiger charge is -2.46. The van der Waals surface area contributed by atoms with Crippen molar-refractivity contribution in [2.75, 3.05) is 37.3 Å². The highest BCUT2D eigenvalue weighted by Gasteiger charge is 2.34. The van der Waals surface area contributed by atoms with E-state index in [9.17, 15) is 0 Å². The van der Waals surface area contributed by atoms with Crippen LogP contribution in [-0.2, 0) is 0 Å². The van der Waals surface area contributed by atoms with Gasteiger partial charge in [0.2, 0.25) is 0 Å². The molecule has 0 bridgehead atoms. The normalized spacial score (nSPS) is 28.2. The molecule has 1 aromatic rings. The topological polar surface area (TPSA) is 45.4 Å². The second kappa shape index (κ2) is 5.00. The van der Waals surface area contributed by atoms with Gasteiger partial charge in [0.25, 0.3) is 0 Å². The van der Waals surface area contributed by atoms with Crippen LogP contribution in [0.1, 0.15) is 25.0 Å². The molecule has 1 aromatic heterocycles. The number of piperidine rings is 2. The van der Waals surface area contributed by atoms with Crippen LogP contribution in [0.2, 0.25) is 0 Å². The molecule has 19 heavy (non-hydrogen) atoms. The van der Waals surface area contributed by atoms with E-state index in [0.29, 0.717) is 0 Å². The van der Waals surface area contributed by atoms with Crippen LogP contribution >= 0.6 is 0 Å². The summed E-state index contributed by atoms with van der Waals surface area (Å²) in [5, 5.41) is 0. The Hall–Kier alpha value is -1.29. The Morgan fingerprint density at radius 1 is 1.26 bits per heavy atom. The van der Waals surface area contributed by atoms with Crippen molar-refractivity contribution in [3.05, 3.63) is 17.8 Å². The van der Waals surface area contributed by atoms with Crippen LogP contribution in [-0.4, -0.2) is 42.6 Å². The quantitative estimate of drug-likeness (QED) is 0.837. The Morgan fingerprint density at radius 3 is 2.89 bits per heavy atom. The van der Waals surface area contributed by atoms with E-state index in [1.54, 1.807) is 0 Å². The zero-order chi connectivity index (χ0) is 13.4. The van der Waals surface area contributed by atoms with Gasteiger partial charge in [-0.25, -0.2) is 4.98 Å². The number of nitrogens with zero attached hydrogens (tertiary/aromatic N) is 3. The lowest BCUT2D eigenvalue weighted by molar-refractivity contribution is 0.102. The van der Waals surface area contributed by atoms with Crippen LogP contribution in [0.4, 0.5) is 11.5 Å². The molecule has 2 N–H and O–H groups in total. The van der Waals surface area contributed by atoms with Crippen LogP contribution in [0.15, 0.2) is 12.1 Å². The van der Waals surface area contributed by atoms with Gasteiger partial charge >= 0.3 is 0 Å². The molecule has 0 saturated carbocycles. The second-order valence-electron chi connectivity index (χ2n) is 6.03. The number of pyridine rings is 1. The summed E-state index contributed by atoms with van der Waals surface area (Å²) in [6.45, 7) is 5.51. The van der Waals surface area contributed by atoms with Crippen LogP contribution in [0.25, 0.3) is 0 Å². The van der Waals surface area contributed by atoms with Crippen molar-refractivity contribution < 1.29 is 0 Å². The molecule has 0 amide bonds. The maximum Gasteiger partial charge on any atom is 0.128 e. The largest absolute Gasteiger partial charge is 0.397 e. The molecule has 4 heteroatoms. The van der Waals surface area contributed by atoms with Gasteiger partial charge in [-0.1, -0.05) is 0 Å². The number of hydrogen-bond donors (Lipinski definition) is 1. The van der Waals surface area contributed by atoms with Gasteiger partial charge < -0.3 is 15.5 Å². The molecular formula is C15H24N4. The molecule has 2 aliphatic rings. The molecule has 3 rings (SSSR count). The third kappa shape index (κ3) is 2.41. The smallest absolute Gasteiger partial charge is 0.128 e. The van der Waals surface area contributed by atoms with Crippen LogP contribution in [0, 0.1) is 12.8 Å². The third-order valence-corrected chi connectivity index (χ3v) is 4.78. The van der Waals surface area contributed by atoms with Gasteiger partial charge in [0.1, 0.15) is 5.82 Å². The molecule has 104 valence electrons. The fourth-order valence-electron chi connectivity index (χ4n) is 3.60. The SMILES string of the molecule is Cc1nc(N2CCC3C(CCCN3C)C2)ccc1N. The number of likely N-dealkylation sites (tertiary alicyclic amines) is 1.